The first-order valence-corrected chi connectivity index (χ1v) is 9.18. The maximum Gasteiger partial charge on any atom is 0.407 e. The molecule has 5 N–H and O–H groups in total. The Morgan fingerprint density at radius 3 is 2.63 bits per heavy atom. The van der Waals surface area contributed by atoms with Gasteiger partial charge in [-0.2, -0.15) is 0 Å². The van der Waals surface area contributed by atoms with Gasteiger partial charge >= 0.3 is 12.1 Å². The standard InChI is InChI=1S/C17H21NO8S/c1-8-2-4-9(5-3-8)27-17(15(22)23)6-11-12(18-16(24)25-11)14(26-17)13(21)10(20)7-19/h2-5,10-14,19-21H,6-7H2,1H3,(H,18,24)(H,22,23)/t10-,11?,12?,13-,14?,17?/m1/s1. The second-order valence-corrected chi connectivity index (χ2v) is 7.95. The van der Waals surface area contributed by atoms with Crippen LogP contribution in [0.5, 0.6) is 0 Å². The number of aliphatic carboxylic acids is 1. The van der Waals surface area contributed by atoms with Crippen molar-refractivity contribution in [3.05, 3.63) is 29.8 Å². The minimum atomic E-state index is -1.84. The Hall–Kier alpha value is -1.85. The summed E-state index contributed by atoms with van der Waals surface area (Å²) >= 11 is 0.923. The summed E-state index contributed by atoms with van der Waals surface area (Å²) in [6.07, 6.45) is -6.25. The van der Waals surface area contributed by atoms with E-state index in [0.717, 1.165) is 17.3 Å². The van der Waals surface area contributed by atoms with E-state index in [1.165, 1.54) is 0 Å². The third kappa shape index (κ3) is 3.90. The average Bonchev–Trinajstić information content (AvgIpc) is 3.01. The van der Waals surface area contributed by atoms with Crippen molar-refractivity contribution < 1.29 is 39.5 Å². The number of amides is 1. The van der Waals surface area contributed by atoms with Gasteiger partial charge in [-0.15, -0.1) is 0 Å². The second-order valence-electron chi connectivity index (χ2n) is 6.61. The first-order valence-electron chi connectivity index (χ1n) is 8.37. The van der Waals surface area contributed by atoms with Crippen LogP contribution >= 0.6 is 11.8 Å². The van der Waals surface area contributed by atoms with Crippen LogP contribution in [0.15, 0.2) is 29.2 Å². The monoisotopic (exact) mass is 399 g/mol. The summed E-state index contributed by atoms with van der Waals surface area (Å²) in [4.78, 5) is 22.6. The highest BCUT2D eigenvalue weighted by atomic mass is 32.2. The van der Waals surface area contributed by atoms with Gasteiger partial charge in [0.1, 0.15) is 24.4 Å². The SMILES string of the molecule is Cc1ccc(SC2(C(=O)O)CC3OC(=O)NC3C([C@H](O)[C@H](O)CO)O2)cc1. The maximum absolute atomic E-state index is 12.1. The number of aryl methyl sites for hydroxylation is 1. The first-order chi connectivity index (χ1) is 12.8. The number of ether oxygens (including phenoxy) is 2. The number of aliphatic hydroxyl groups excluding tert-OH is 3. The molecule has 1 aromatic rings. The van der Waals surface area contributed by atoms with E-state index in [9.17, 15) is 24.9 Å². The number of thioether (sulfide) groups is 1. The quantitative estimate of drug-likeness (QED) is 0.441. The molecule has 2 fully saturated rings. The lowest BCUT2D eigenvalue weighted by Gasteiger charge is -2.44. The van der Waals surface area contributed by atoms with Gasteiger partial charge in [0.25, 0.3) is 0 Å². The Balaban J connectivity index is 1.94. The van der Waals surface area contributed by atoms with Crippen molar-refractivity contribution in [2.24, 2.45) is 0 Å². The summed E-state index contributed by atoms with van der Waals surface area (Å²) in [6, 6.07) is 6.28. The number of carboxylic acids is 1. The number of rotatable bonds is 6. The Bertz CT molecular complexity index is 713. The molecule has 0 radical (unpaired) electrons. The summed E-state index contributed by atoms with van der Waals surface area (Å²) in [5.41, 5.74) is 1.00. The first kappa shape index (κ1) is 19.9. The van der Waals surface area contributed by atoms with Crippen molar-refractivity contribution in [2.75, 3.05) is 6.61 Å². The number of carbonyl (C=O) groups excluding carboxylic acids is 1. The van der Waals surface area contributed by atoms with E-state index in [0.29, 0.717) is 4.90 Å². The molecule has 10 heteroatoms. The zero-order valence-electron chi connectivity index (χ0n) is 14.4. The van der Waals surface area contributed by atoms with E-state index in [1.54, 1.807) is 12.1 Å². The van der Waals surface area contributed by atoms with Crippen LogP contribution in [0.1, 0.15) is 12.0 Å². The number of alkyl carbamates (subject to hydrolysis) is 1. The van der Waals surface area contributed by atoms with Crippen molar-refractivity contribution in [1.82, 2.24) is 5.32 Å². The van der Waals surface area contributed by atoms with Crippen LogP contribution < -0.4 is 5.32 Å². The number of carboxylic acid groups (broad SMARTS) is 1. The number of fused-ring (bicyclic) bond motifs is 1. The van der Waals surface area contributed by atoms with Crippen molar-refractivity contribution in [1.29, 1.82) is 0 Å². The molecule has 0 bridgehead atoms. The van der Waals surface area contributed by atoms with E-state index < -0.39 is 54.1 Å². The smallest absolute Gasteiger partial charge is 0.407 e. The van der Waals surface area contributed by atoms with Gasteiger partial charge in [0, 0.05) is 11.3 Å². The fraction of sp³-hybridized carbons (Fsp3) is 0.529. The second kappa shape index (κ2) is 7.64. The topological polar surface area (TPSA) is 146 Å². The predicted molar refractivity (Wildman–Crippen MR) is 93.2 cm³/mol. The fourth-order valence-corrected chi connectivity index (χ4v) is 4.34. The van der Waals surface area contributed by atoms with Gasteiger partial charge in [0.05, 0.1) is 12.6 Å². The Kier molecular flexibility index (Phi) is 5.63. The molecule has 0 spiro atoms. The summed E-state index contributed by atoms with van der Waals surface area (Å²) in [5.74, 6) is -1.30. The van der Waals surface area contributed by atoms with Gasteiger partial charge in [-0.05, 0) is 19.1 Å². The Morgan fingerprint density at radius 1 is 1.37 bits per heavy atom. The lowest BCUT2D eigenvalue weighted by atomic mass is 9.90. The molecule has 3 rings (SSSR count). The summed E-state index contributed by atoms with van der Waals surface area (Å²) < 4.78 is 10.9. The highest BCUT2D eigenvalue weighted by molar-refractivity contribution is 8.01. The molecule has 1 amide bonds. The van der Waals surface area contributed by atoms with Crippen molar-refractivity contribution in [2.45, 2.75) is 53.6 Å². The molecule has 2 aliphatic heterocycles. The molecule has 1 aromatic carbocycles. The third-order valence-electron chi connectivity index (χ3n) is 4.64. The van der Waals surface area contributed by atoms with E-state index in [1.807, 2.05) is 19.1 Å². The van der Waals surface area contributed by atoms with Crippen LogP contribution in [-0.4, -0.2) is 74.5 Å². The molecule has 148 valence electrons. The van der Waals surface area contributed by atoms with Crippen LogP contribution in [0, 0.1) is 6.92 Å². The van der Waals surface area contributed by atoms with Gasteiger partial charge in [-0.1, -0.05) is 29.5 Å². The molecule has 2 heterocycles. The van der Waals surface area contributed by atoms with E-state index in [4.69, 9.17) is 14.6 Å². The molecule has 2 aliphatic rings. The number of hydrogen-bond acceptors (Lipinski definition) is 8. The van der Waals surface area contributed by atoms with Crippen LogP contribution in [0.25, 0.3) is 0 Å². The van der Waals surface area contributed by atoms with Crippen molar-refractivity contribution in [3.63, 3.8) is 0 Å². The van der Waals surface area contributed by atoms with Crippen molar-refractivity contribution >= 4 is 23.8 Å². The molecule has 0 aromatic heterocycles. The number of benzene rings is 1. The maximum atomic E-state index is 12.1. The number of carbonyl (C=O) groups is 2. The van der Waals surface area contributed by atoms with Gasteiger partial charge in [0.2, 0.25) is 4.93 Å². The fourth-order valence-electron chi connectivity index (χ4n) is 3.20. The van der Waals surface area contributed by atoms with Gasteiger partial charge in [0.15, 0.2) is 0 Å². The molecule has 4 unspecified atom stereocenters. The zero-order chi connectivity index (χ0) is 19.8. The molecule has 2 saturated heterocycles. The number of hydrogen-bond donors (Lipinski definition) is 5. The van der Waals surface area contributed by atoms with Crippen molar-refractivity contribution in [3.8, 4) is 0 Å². The lowest BCUT2D eigenvalue weighted by molar-refractivity contribution is -0.196. The normalized spacial score (nSPS) is 32.1. The highest BCUT2D eigenvalue weighted by Gasteiger charge is 2.59. The Labute approximate surface area is 159 Å². The number of nitrogens with one attached hydrogen (secondary N) is 1. The molecular formula is C17H21NO8S. The molecule has 27 heavy (non-hydrogen) atoms. The van der Waals surface area contributed by atoms with Gasteiger partial charge in [-0.25, -0.2) is 9.59 Å². The van der Waals surface area contributed by atoms with Gasteiger partial charge < -0.3 is 35.2 Å². The van der Waals surface area contributed by atoms with E-state index in [2.05, 4.69) is 5.32 Å². The predicted octanol–water partition coefficient (Wildman–Crippen LogP) is -0.152. The highest BCUT2D eigenvalue weighted by Crippen LogP contribution is 2.45. The molecule has 6 atom stereocenters. The van der Waals surface area contributed by atoms with Crippen LogP contribution in [-0.2, 0) is 14.3 Å². The number of aliphatic hydroxyl groups is 3. The summed E-state index contributed by atoms with van der Waals surface area (Å²) in [7, 11) is 0. The molecule has 0 aliphatic carbocycles. The minimum absolute atomic E-state index is 0.150. The van der Waals surface area contributed by atoms with Crippen LogP contribution in [0.2, 0.25) is 0 Å². The minimum Gasteiger partial charge on any atom is -0.478 e. The van der Waals surface area contributed by atoms with Gasteiger partial charge in [-0.3, -0.25) is 0 Å². The van der Waals surface area contributed by atoms with E-state index >= 15 is 0 Å². The zero-order valence-corrected chi connectivity index (χ0v) is 15.3. The van der Waals surface area contributed by atoms with E-state index in [-0.39, 0.29) is 6.42 Å². The summed E-state index contributed by atoms with van der Waals surface area (Å²) in [6.45, 7) is 1.15. The summed E-state index contributed by atoms with van der Waals surface area (Å²) in [5, 5.41) is 41.6. The molecule has 9 nitrogen and oxygen atoms in total. The lowest BCUT2D eigenvalue weighted by Crippen LogP contribution is -2.63. The molecular weight excluding hydrogens is 378 g/mol. The van der Waals surface area contributed by atoms with Crippen LogP contribution in [0.4, 0.5) is 4.79 Å². The molecule has 0 saturated carbocycles. The van der Waals surface area contributed by atoms with Crippen LogP contribution in [0.3, 0.4) is 0 Å². The largest absolute Gasteiger partial charge is 0.478 e. The third-order valence-corrected chi connectivity index (χ3v) is 5.92. The average molecular weight is 399 g/mol. The Morgan fingerprint density at radius 2 is 2.04 bits per heavy atom.